The minimum Gasteiger partial charge on any atom is -0.376 e. The van der Waals surface area contributed by atoms with Crippen LogP contribution in [0.4, 0.5) is 11.4 Å². The van der Waals surface area contributed by atoms with Crippen molar-refractivity contribution in [2.75, 3.05) is 4.81 Å². The van der Waals surface area contributed by atoms with E-state index in [-0.39, 0.29) is 23.1 Å². The van der Waals surface area contributed by atoms with Crippen LogP contribution < -0.4 is 15.7 Å². The maximum atomic E-state index is 2.83. The van der Waals surface area contributed by atoms with E-state index in [1.807, 2.05) is 0 Å². The molecule has 352 valence electrons. The second-order valence-corrected chi connectivity index (χ2v) is 25.5. The first-order chi connectivity index (χ1) is 35.2. The van der Waals surface area contributed by atoms with Crippen LogP contribution in [0.15, 0.2) is 152 Å². The lowest BCUT2D eigenvalue weighted by atomic mass is 9.42. The molecule has 18 rings (SSSR count). The summed E-state index contributed by atoms with van der Waals surface area (Å²) < 4.78 is 2.78. The Morgan fingerprint density at radius 2 is 1.21 bits per heavy atom. The van der Waals surface area contributed by atoms with Gasteiger partial charge in [-0.2, -0.15) is 0 Å². The van der Waals surface area contributed by atoms with E-state index in [2.05, 4.69) is 182 Å². The molecule has 3 heteroatoms. The van der Waals surface area contributed by atoms with Gasteiger partial charge in [0.15, 0.2) is 0 Å². The summed E-state index contributed by atoms with van der Waals surface area (Å²) in [5.41, 5.74) is 24.3. The maximum absolute atomic E-state index is 2.83. The van der Waals surface area contributed by atoms with Gasteiger partial charge in [0.2, 0.25) is 0 Å². The Morgan fingerprint density at radius 1 is 0.528 bits per heavy atom. The zero-order valence-electron chi connectivity index (χ0n) is 42.3. The normalized spacial score (nSPS) is 27.4. The number of fused-ring (bicyclic) bond motifs is 14. The predicted molar refractivity (Wildman–Crippen MR) is 302 cm³/mol. The van der Waals surface area contributed by atoms with Gasteiger partial charge in [-0.1, -0.05) is 137 Å². The molecule has 9 aromatic rings. The van der Waals surface area contributed by atoms with Crippen molar-refractivity contribution in [1.82, 2.24) is 4.57 Å². The van der Waals surface area contributed by atoms with Gasteiger partial charge in [0.1, 0.15) is 0 Å². The first-order valence-electron chi connectivity index (χ1n) is 28.2. The van der Waals surface area contributed by atoms with Crippen LogP contribution in [-0.4, -0.2) is 11.4 Å². The van der Waals surface area contributed by atoms with Crippen molar-refractivity contribution in [3.63, 3.8) is 0 Å². The lowest BCUT2D eigenvalue weighted by Crippen LogP contribution is -2.61. The molecular formula is C69H63BN2. The van der Waals surface area contributed by atoms with Crippen LogP contribution in [-0.2, 0) is 16.2 Å². The summed E-state index contributed by atoms with van der Waals surface area (Å²) in [6.07, 6.45) is 16.7. The van der Waals surface area contributed by atoms with Crippen LogP contribution in [0, 0.1) is 29.6 Å². The molecule has 2 unspecified atom stereocenters. The molecule has 7 aliphatic carbocycles. The molecule has 2 aliphatic heterocycles. The number of aromatic nitrogens is 1. The highest BCUT2D eigenvalue weighted by Gasteiger charge is 2.54. The van der Waals surface area contributed by atoms with Gasteiger partial charge in [-0.05, 0) is 225 Å². The van der Waals surface area contributed by atoms with Gasteiger partial charge in [0.25, 0.3) is 0 Å². The fourth-order valence-corrected chi connectivity index (χ4v) is 18.7. The van der Waals surface area contributed by atoms with Crippen LogP contribution in [0.5, 0.6) is 0 Å². The van der Waals surface area contributed by atoms with Crippen LogP contribution in [0.25, 0.3) is 71.6 Å². The van der Waals surface area contributed by atoms with Crippen LogP contribution in [0.1, 0.15) is 120 Å². The third-order valence-electron chi connectivity index (χ3n) is 21.5. The zero-order valence-corrected chi connectivity index (χ0v) is 42.3. The second kappa shape index (κ2) is 14.2. The minimum absolute atomic E-state index is 0.0248. The minimum atomic E-state index is -0.135. The highest BCUT2D eigenvalue weighted by Crippen LogP contribution is 2.62. The summed E-state index contributed by atoms with van der Waals surface area (Å²) in [5.74, 6) is 4.38. The van der Waals surface area contributed by atoms with Crippen molar-refractivity contribution < 1.29 is 0 Å². The number of hydrogen-bond acceptors (Lipinski definition) is 1. The summed E-state index contributed by atoms with van der Waals surface area (Å²) >= 11 is 0. The summed E-state index contributed by atoms with van der Waals surface area (Å²) in [7, 11) is 0. The second-order valence-electron chi connectivity index (χ2n) is 25.5. The van der Waals surface area contributed by atoms with Gasteiger partial charge >= 0.3 is 6.85 Å². The lowest BCUT2D eigenvalue weighted by Gasteiger charge is -2.57. The van der Waals surface area contributed by atoms with E-state index < -0.39 is 0 Å². The first-order valence-corrected chi connectivity index (χ1v) is 28.2. The molecule has 9 aliphatic rings. The van der Waals surface area contributed by atoms with Gasteiger partial charge in [-0.15, -0.1) is 0 Å². The van der Waals surface area contributed by atoms with Gasteiger partial charge < -0.3 is 9.38 Å². The standard InChI is InChI=1S/C69H63BN2/c1-4-68(36-41-18-19-42(26-41)37-68)49-22-25-61-55(31-49)56-32-50(69-38-43-27-44(39-69)29-45(28-43)40-69)33-60-66(56)71(61)63-30-48-14-8-9-15-52(48)64-57-34-54-53-16-10-11-17-58(53)67(2,3)59(54)35-62(57)72(70(60)65(63)64)51-23-20-47(21-24-51)46-12-6-5-7-13-46/h5-17,20-25,30-35,41-45H,4,18-19,26-29,36-40H2,1-3H3. The van der Waals surface area contributed by atoms with E-state index in [1.54, 1.807) is 11.1 Å². The SMILES string of the molecule is CCC1(c2ccc3c(c2)c2cc(C45CC6CC(CC(C6)C4)C5)cc4c2n3-c2cc3ccccc3c3c2B4N(c2ccc(-c4ccccc4)cc2)c2cc4c(cc2-3)-c2ccccc2C4(C)C)CC2CCC(C2)C1. The number of rotatable bonds is 5. The van der Waals surface area contributed by atoms with Gasteiger partial charge in [-0.25, -0.2) is 0 Å². The fraction of sp³-hybridized carbons (Fsp3) is 0.333. The molecule has 3 heterocycles. The summed E-state index contributed by atoms with van der Waals surface area (Å²) in [5, 5.41) is 5.66. The highest BCUT2D eigenvalue weighted by atomic mass is 15.1. The van der Waals surface area contributed by atoms with E-state index in [9.17, 15) is 0 Å². The Balaban J connectivity index is 0.997. The smallest absolute Gasteiger partial charge is 0.333 e. The van der Waals surface area contributed by atoms with Gasteiger partial charge in [0.05, 0.1) is 11.0 Å². The van der Waals surface area contributed by atoms with Crippen LogP contribution in [0.2, 0.25) is 0 Å². The zero-order chi connectivity index (χ0) is 47.4. The average molecular weight is 931 g/mol. The predicted octanol–water partition coefficient (Wildman–Crippen LogP) is 16.5. The molecule has 1 aromatic heterocycles. The van der Waals surface area contributed by atoms with E-state index in [0.29, 0.717) is 0 Å². The fourth-order valence-electron chi connectivity index (χ4n) is 18.7. The van der Waals surface area contributed by atoms with E-state index in [0.717, 1.165) is 29.6 Å². The molecule has 0 spiro atoms. The van der Waals surface area contributed by atoms with E-state index in [1.165, 1.54) is 182 Å². The van der Waals surface area contributed by atoms with Crippen molar-refractivity contribution in [3.8, 4) is 39.1 Å². The van der Waals surface area contributed by atoms with Crippen molar-refractivity contribution in [1.29, 1.82) is 0 Å². The Kier molecular flexibility index (Phi) is 8.15. The van der Waals surface area contributed by atoms with Crippen LogP contribution >= 0.6 is 0 Å². The number of nitrogens with zero attached hydrogens (tertiary/aromatic N) is 2. The van der Waals surface area contributed by atoms with E-state index >= 15 is 0 Å². The summed E-state index contributed by atoms with van der Waals surface area (Å²) in [6, 6.07) is 60.7. The molecule has 0 radical (unpaired) electrons. The molecule has 2 atom stereocenters. The quantitative estimate of drug-likeness (QED) is 0.156. The molecule has 6 saturated carbocycles. The molecule has 0 saturated heterocycles. The Hall–Kier alpha value is -6.32. The molecule has 2 nitrogen and oxygen atoms in total. The molecule has 72 heavy (non-hydrogen) atoms. The van der Waals surface area contributed by atoms with E-state index in [4.69, 9.17) is 0 Å². The molecule has 6 fully saturated rings. The third-order valence-corrected chi connectivity index (χ3v) is 21.5. The first kappa shape index (κ1) is 41.2. The molecule has 8 aromatic carbocycles. The monoisotopic (exact) mass is 931 g/mol. The lowest BCUT2D eigenvalue weighted by molar-refractivity contribution is -0.00509. The number of benzene rings is 8. The third kappa shape index (κ3) is 5.38. The van der Waals surface area contributed by atoms with Gasteiger partial charge in [-0.3, -0.25) is 0 Å². The summed E-state index contributed by atoms with van der Waals surface area (Å²) in [4.78, 5) is 2.83. The maximum Gasteiger partial charge on any atom is 0.333 e. The Labute approximate surface area is 425 Å². The Morgan fingerprint density at radius 3 is 1.97 bits per heavy atom. The number of hydrogen-bond donors (Lipinski definition) is 0. The molecule has 0 N–H and O–H groups in total. The average Bonchev–Trinajstić information content (AvgIpc) is 4.01. The largest absolute Gasteiger partial charge is 0.376 e. The van der Waals surface area contributed by atoms with Crippen molar-refractivity contribution >= 4 is 61.7 Å². The number of anilines is 2. The van der Waals surface area contributed by atoms with Crippen molar-refractivity contribution in [2.24, 2.45) is 29.6 Å². The van der Waals surface area contributed by atoms with Crippen molar-refractivity contribution in [3.05, 3.63) is 174 Å². The molecule has 0 amide bonds. The molecule has 6 bridgehead atoms. The topological polar surface area (TPSA) is 8.17 Å². The van der Waals surface area contributed by atoms with Crippen molar-refractivity contribution in [2.45, 2.75) is 114 Å². The molecular weight excluding hydrogens is 868 g/mol. The van der Waals surface area contributed by atoms with Crippen LogP contribution in [0.3, 0.4) is 0 Å². The summed E-state index contributed by atoms with van der Waals surface area (Å²) in [6.45, 7) is 7.40. The Bertz CT molecular complexity index is 3770. The van der Waals surface area contributed by atoms with Gasteiger partial charge in [0, 0.05) is 38.8 Å². The highest BCUT2D eigenvalue weighted by molar-refractivity contribution is 6.94.